The minimum Gasteiger partial charge on any atom is -0.349 e. The average Bonchev–Trinajstić information content (AvgIpc) is 3.40. The zero-order valence-electron chi connectivity index (χ0n) is 15.1. The number of aromatic nitrogens is 2. The summed E-state index contributed by atoms with van der Waals surface area (Å²) in [6.07, 6.45) is 7.17. The topological polar surface area (TPSA) is 50.2 Å². The van der Waals surface area contributed by atoms with Crippen LogP contribution in [0.4, 0.5) is 0 Å². The van der Waals surface area contributed by atoms with E-state index in [4.69, 9.17) is 11.6 Å². The lowest BCUT2D eigenvalue weighted by Crippen LogP contribution is -2.45. The number of benzene rings is 1. The van der Waals surface area contributed by atoms with Gasteiger partial charge in [0.15, 0.2) is 0 Å². The van der Waals surface area contributed by atoms with Crippen molar-refractivity contribution < 1.29 is 4.79 Å². The molecule has 1 amide bonds. The highest BCUT2D eigenvalue weighted by Gasteiger charge is 2.32. The van der Waals surface area contributed by atoms with Crippen LogP contribution in [-0.4, -0.2) is 45.8 Å². The molecule has 138 valence electrons. The molecule has 1 saturated carbocycles. The Morgan fingerprint density at radius 1 is 1.27 bits per heavy atom. The molecule has 5 nitrogen and oxygen atoms in total. The molecule has 2 heterocycles. The number of rotatable bonds is 5. The minimum atomic E-state index is -0.0139. The maximum atomic E-state index is 12.8. The molecule has 2 aliphatic rings. The van der Waals surface area contributed by atoms with E-state index in [1.807, 2.05) is 35.9 Å². The van der Waals surface area contributed by atoms with Gasteiger partial charge in [0.1, 0.15) is 0 Å². The van der Waals surface area contributed by atoms with Crippen molar-refractivity contribution in [1.29, 1.82) is 0 Å². The number of hydrogen-bond acceptors (Lipinski definition) is 3. The summed E-state index contributed by atoms with van der Waals surface area (Å²) in [5, 5.41) is 8.33. The fraction of sp³-hybridized carbons (Fsp3) is 0.500. The number of hydrogen-bond donors (Lipinski definition) is 1. The Kier molecular flexibility index (Phi) is 5.00. The lowest BCUT2D eigenvalue weighted by Gasteiger charge is -2.32. The summed E-state index contributed by atoms with van der Waals surface area (Å²) < 4.78 is 1.82. The standard InChI is InChI=1S/C20H25ClN4O/c1-2-19-18(13-22-25(19)17-5-3-4-14(21)12-17)20(26)23-15-8-10-24(11-9-15)16-6-7-16/h3-5,12-13,15-16H,2,6-11H2,1H3,(H,23,26). The van der Waals surface area contributed by atoms with E-state index in [2.05, 4.69) is 15.3 Å². The van der Waals surface area contributed by atoms with Crippen molar-refractivity contribution in [3.05, 3.63) is 46.7 Å². The molecule has 0 bridgehead atoms. The van der Waals surface area contributed by atoms with E-state index in [0.29, 0.717) is 10.6 Å². The lowest BCUT2D eigenvalue weighted by atomic mass is 10.0. The first kappa shape index (κ1) is 17.6. The highest BCUT2D eigenvalue weighted by Crippen LogP contribution is 2.29. The molecular formula is C20H25ClN4O. The van der Waals surface area contributed by atoms with Gasteiger partial charge in [-0.2, -0.15) is 5.10 Å². The van der Waals surface area contributed by atoms with Gasteiger partial charge in [-0.25, -0.2) is 4.68 Å². The van der Waals surface area contributed by atoms with Crippen molar-refractivity contribution in [3.8, 4) is 5.69 Å². The Hall–Kier alpha value is -1.85. The molecule has 1 saturated heterocycles. The predicted molar refractivity (Wildman–Crippen MR) is 103 cm³/mol. The zero-order chi connectivity index (χ0) is 18.1. The van der Waals surface area contributed by atoms with Crippen LogP contribution in [0.5, 0.6) is 0 Å². The Morgan fingerprint density at radius 3 is 2.69 bits per heavy atom. The molecule has 0 unspecified atom stereocenters. The van der Waals surface area contributed by atoms with E-state index in [1.165, 1.54) is 12.8 Å². The number of carbonyl (C=O) groups is 1. The SMILES string of the molecule is CCc1c(C(=O)NC2CCN(C3CC3)CC2)cnn1-c1cccc(Cl)c1. The second kappa shape index (κ2) is 7.41. The zero-order valence-corrected chi connectivity index (χ0v) is 15.9. The third-order valence-corrected chi connectivity index (χ3v) is 5.66. The number of amides is 1. The first-order chi connectivity index (χ1) is 12.7. The van der Waals surface area contributed by atoms with Gasteiger partial charge in [-0.05, 0) is 50.3 Å². The van der Waals surface area contributed by atoms with Gasteiger partial charge in [0.25, 0.3) is 5.91 Å². The lowest BCUT2D eigenvalue weighted by molar-refractivity contribution is 0.0908. The molecule has 6 heteroatoms. The smallest absolute Gasteiger partial charge is 0.254 e. The van der Waals surface area contributed by atoms with Gasteiger partial charge in [-0.3, -0.25) is 4.79 Å². The van der Waals surface area contributed by atoms with Gasteiger partial charge in [-0.1, -0.05) is 24.6 Å². The molecular weight excluding hydrogens is 348 g/mol. The largest absolute Gasteiger partial charge is 0.349 e. The Bertz CT molecular complexity index is 791. The minimum absolute atomic E-state index is 0.0139. The molecule has 2 aromatic rings. The van der Waals surface area contributed by atoms with Gasteiger partial charge in [0.05, 0.1) is 23.1 Å². The predicted octanol–water partition coefficient (Wildman–Crippen LogP) is 3.44. The molecule has 4 rings (SSSR count). The van der Waals surface area contributed by atoms with Crippen molar-refractivity contribution in [2.75, 3.05) is 13.1 Å². The van der Waals surface area contributed by atoms with Crippen LogP contribution in [0.15, 0.2) is 30.5 Å². The quantitative estimate of drug-likeness (QED) is 0.874. The normalized spacial score (nSPS) is 18.8. The van der Waals surface area contributed by atoms with Crippen LogP contribution in [0.3, 0.4) is 0 Å². The van der Waals surface area contributed by atoms with Crippen LogP contribution in [0.1, 0.15) is 48.7 Å². The van der Waals surface area contributed by atoms with Crippen molar-refractivity contribution in [1.82, 2.24) is 20.0 Å². The molecule has 2 fully saturated rings. The summed E-state index contributed by atoms with van der Waals surface area (Å²) in [7, 11) is 0. The number of piperidine rings is 1. The van der Waals surface area contributed by atoms with Crippen LogP contribution in [0.25, 0.3) is 5.69 Å². The molecule has 0 spiro atoms. The van der Waals surface area contributed by atoms with Crippen molar-refractivity contribution in [2.45, 2.75) is 51.1 Å². The van der Waals surface area contributed by atoms with E-state index in [1.54, 1.807) is 6.20 Å². The Balaban J connectivity index is 1.46. The van der Waals surface area contributed by atoms with Crippen LogP contribution in [0.2, 0.25) is 5.02 Å². The van der Waals surface area contributed by atoms with Gasteiger partial charge in [0.2, 0.25) is 0 Å². The van der Waals surface area contributed by atoms with Crippen LogP contribution >= 0.6 is 11.6 Å². The second-order valence-electron chi connectivity index (χ2n) is 7.27. The first-order valence-corrected chi connectivity index (χ1v) is 9.91. The van der Waals surface area contributed by atoms with E-state index in [9.17, 15) is 4.79 Å². The highest BCUT2D eigenvalue weighted by atomic mass is 35.5. The average molecular weight is 373 g/mol. The fourth-order valence-electron chi connectivity index (χ4n) is 3.85. The molecule has 1 aliphatic carbocycles. The maximum absolute atomic E-state index is 12.8. The van der Waals surface area contributed by atoms with Gasteiger partial charge in [0, 0.05) is 30.2 Å². The van der Waals surface area contributed by atoms with Gasteiger partial charge < -0.3 is 10.2 Å². The molecule has 26 heavy (non-hydrogen) atoms. The van der Waals surface area contributed by atoms with Crippen molar-refractivity contribution in [2.24, 2.45) is 0 Å². The Morgan fingerprint density at radius 2 is 2.04 bits per heavy atom. The molecule has 1 N–H and O–H groups in total. The summed E-state index contributed by atoms with van der Waals surface area (Å²) >= 11 is 6.10. The summed E-state index contributed by atoms with van der Waals surface area (Å²) in [6, 6.07) is 8.62. The fourth-order valence-corrected chi connectivity index (χ4v) is 4.03. The van der Waals surface area contributed by atoms with Gasteiger partial charge in [-0.15, -0.1) is 0 Å². The third-order valence-electron chi connectivity index (χ3n) is 5.43. The third kappa shape index (κ3) is 3.64. The highest BCUT2D eigenvalue weighted by molar-refractivity contribution is 6.30. The summed E-state index contributed by atoms with van der Waals surface area (Å²) in [6.45, 7) is 4.24. The monoisotopic (exact) mass is 372 g/mol. The van der Waals surface area contributed by atoms with E-state index >= 15 is 0 Å². The number of likely N-dealkylation sites (tertiary alicyclic amines) is 1. The Labute approximate surface area is 159 Å². The molecule has 1 aromatic heterocycles. The van der Waals surface area contributed by atoms with Gasteiger partial charge >= 0.3 is 0 Å². The van der Waals surface area contributed by atoms with Crippen LogP contribution in [-0.2, 0) is 6.42 Å². The van der Waals surface area contributed by atoms with Crippen LogP contribution < -0.4 is 5.32 Å². The summed E-state index contributed by atoms with van der Waals surface area (Å²) in [4.78, 5) is 15.4. The summed E-state index contributed by atoms with van der Waals surface area (Å²) in [5.41, 5.74) is 2.46. The van der Waals surface area contributed by atoms with Crippen molar-refractivity contribution >= 4 is 17.5 Å². The number of halogens is 1. The van der Waals surface area contributed by atoms with Crippen LogP contribution in [0, 0.1) is 0 Å². The number of nitrogens with one attached hydrogen (secondary N) is 1. The molecule has 0 atom stereocenters. The van der Waals surface area contributed by atoms with E-state index in [0.717, 1.165) is 49.8 Å². The number of carbonyl (C=O) groups excluding carboxylic acids is 1. The molecule has 0 radical (unpaired) electrons. The van der Waals surface area contributed by atoms with Crippen molar-refractivity contribution in [3.63, 3.8) is 0 Å². The number of nitrogens with zero attached hydrogens (tertiary/aromatic N) is 3. The first-order valence-electron chi connectivity index (χ1n) is 9.53. The second-order valence-corrected chi connectivity index (χ2v) is 7.70. The molecule has 1 aliphatic heterocycles. The summed E-state index contributed by atoms with van der Waals surface area (Å²) in [5.74, 6) is -0.0139. The van der Waals surface area contributed by atoms with E-state index in [-0.39, 0.29) is 11.9 Å². The molecule has 1 aromatic carbocycles. The maximum Gasteiger partial charge on any atom is 0.254 e. The van der Waals surface area contributed by atoms with E-state index < -0.39 is 0 Å².